The molecule has 0 radical (unpaired) electrons. The molecule has 2 aromatic heterocycles. The zero-order valence-electron chi connectivity index (χ0n) is 40.9. The van der Waals surface area contributed by atoms with Gasteiger partial charge in [-0.1, -0.05) is 193 Å². The molecule has 4 nitrogen and oxygen atoms in total. The van der Waals surface area contributed by atoms with E-state index in [0.717, 1.165) is 83.4 Å². The van der Waals surface area contributed by atoms with E-state index in [4.69, 9.17) is 14.7 Å². The molecule has 0 unspecified atom stereocenters. The lowest BCUT2D eigenvalue weighted by atomic mass is 9.78. The van der Waals surface area contributed by atoms with E-state index in [1.165, 1.54) is 92.3 Å². The lowest BCUT2D eigenvalue weighted by Gasteiger charge is -2.25. The van der Waals surface area contributed by atoms with Crippen molar-refractivity contribution >= 4 is 97.4 Å². The van der Waals surface area contributed by atoms with E-state index in [0.29, 0.717) is 0 Å². The van der Waals surface area contributed by atoms with E-state index >= 15 is 0 Å². The minimum absolute atomic E-state index is 0.718. The molecule has 350 valence electrons. The maximum Gasteiger partial charge on any atom is 0.167 e. The smallest absolute Gasteiger partial charge is 0.167 e. The van der Waals surface area contributed by atoms with Crippen molar-refractivity contribution in [2.24, 2.45) is 0 Å². The summed E-state index contributed by atoms with van der Waals surface area (Å²) >= 11 is 0. The Morgan fingerprint density at radius 1 is 0.289 bits per heavy atom. The summed E-state index contributed by atoms with van der Waals surface area (Å²) in [5, 5.41) is 22.8. The van der Waals surface area contributed by atoms with Crippen LogP contribution in [0.4, 0.5) is 0 Å². The Morgan fingerprint density at radius 3 is 1.63 bits per heavy atom. The molecule has 4 heteroatoms. The molecule has 0 bridgehead atoms. The topological polar surface area (TPSA) is 54.7 Å². The molecule has 1 aliphatic rings. The van der Waals surface area contributed by atoms with Gasteiger partial charge in [0.1, 0.15) is 11.5 Å². The number of imidazole rings is 1. The van der Waals surface area contributed by atoms with Crippen LogP contribution in [0.1, 0.15) is 0 Å². The Labute approximate surface area is 435 Å². The molecular formula is C72H41N3O. The predicted molar refractivity (Wildman–Crippen MR) is 318 cm³/mol. The molecule has 16 aromatic rings. The second kappa shape index (κ2) is 15.7. The van der Waals surface area contributed by atoms with Crippen molar-refractivity contribution in [2.75, 3.05) is 0 Å². The van der Waals surface area contributed by atoms with Crippen LogP contribution in [0.25, 0.3) is 176 Å². The van der Waals surface area contributed by atoms with E-state index in [9.17, 15) is 0 Å². The first-order chi connectivity index (χ1) is 37.7. The highest BCUT2D eigenvalue weighted by Crippen LogP contribution is 2.58. The predicted octanol–water partition coefficient (Wildman–Crippen LogP) is 19.8. The molecule has 0 saturated heterocycles. The minimum atomic E-state index is 0.718. The molecule has 0 fully saturated rings. The Morgan fingerprint density at radius 2 is 0.842 bits per heavy atom. The van der Waals surface area contributed by atoms with Crippen molar-refractivity contribution in [1.29, 1.82) is 0 Å². The number of aromatic nitrogens is 3. The van der Waals surface area contributed by atoms with Crippen LogP contribution in [0.15, 0.2) is 247 Å². The van der Waals surface area contributed by atoms with Crippen molar-refractivity contribution in [1.82, 2.24) is 15.1 Å². The highest BCUT2D eigenvalue weighted by atomic mass is 16.5. The molecule has 1 aliphatic carbocycles. The Kier molecular flexibility index (Phi) is 8.52. The van der Waals surface area contributed by atoms with Gasteiger partial charge in [0.05, 0.1) is 11.0 Å². The van der Waals surface area contributed by atoms with Crippen LogP contribution < -0.4 is 0 Å². The van der Waals surface area contributed by atoms with Gasteiger partial charge in [-0.3, -0.25) is 0 Å². The molecular weight excluding hydrogens is 923 g/mol. The van der Waals surface area contributed by atoms with E-state index < -0.39 is 0 Å². The lowest BCUT2D eigenvalue weighted by Crippen LogP contribution is -2.01. The van der Waals surface area contributed by atoms with Crippen LogP contribution in [-0.4, -0.2) is 15.1 Å². The van der Waals surface area contributed by atoms with Gasteiger partial charge in [0.2, 0.25) is 0 Å². The van der Waals surface area contributed by atoms with Gasteiger partial charge in [0.15, 0.2) is 5.58 Å². The first-order valence-corrected chi connectivity index (χ1v) is 26.0. The molecule has 76 heavy (non-hydrogen) atoms. The average Bonchev–Trinajstić information content (AvgIpc) is 4.27. The van der Waals surface area contributed by atoms with Crippen LogP contribution in [0.5, 0.6) is 0 Å². The van der Waals surface area contributed by atoms with Crippen LogP contribution in [0.3, 0.4) is 0 Å². The fraction of sp³-hybridized carbons (Fsp3) is 0. The SMILES string of the molecule is c1ccc2cc3c(-c4cc(-c5ccc6cccc7c6c5-c5c-7ccc6ccccc56)c(-c5noc6ccccc56)c(-c5nc6ccccc6[nH]5)c4-c4cccc5ccc6cc7ccccc7cc6c45)cccc3cc2c1. The fourth-order valence-corrected chi connectivity index (χ4v) is 13.1. The van der Waals surface area contributed by atoms with Gasteiger partial charge in [-0.25, -0.2) is 4.98 Å². The average molecular weight is 964 g/mol. The normalized spacial score (nSPS) is 12.2. The zero-order valence-corrected chi connectivity index (χ0v) is 40.9. The first kappa shape index (κ1) is 41.3. The maximum absolute atomic E-state index is 6.44. The highest BCUT2D eigenvalue weighted by Gasteiger charge is 2.33. The molecule has 0 atom stereocenters. The largest absolute Gasteiger partial charge is 0.356 e. The van der Waals surface area contributed by atoms with E-state index in [2.05, 4.69) is 236 Å². The molecule has 17 rings (SSSR count). The fourth-order valence-electron chi connectivity index (χ4n) is 13.1. The number of nitrogens with zero attached hydrogens (tertiary/aromatic N) is 2. The summed E-state index contributed by atoms with van der Waals surface area (Å²) in [6.45, 7) is 0. The third-order valence-electron chi connectivity index (χ3n) is 16.4. The summed E-state index contributed by atoms with van der Waals surface area (Å²) in [6.07, 6.45) is 0. The first-order valence-electron chi connectivity index (χ1n) is 26.0. The molecule has 2 heterocycles. The Bertz CT molecular complexity index is 5160. The number of hydrogen-bond donors (Lipinski definition) is 1. The monoisotopic (exact) mass is 963 g/mol. The second-order valence-corrected chi connectivity index (χ2v) is 20.4. The number of benzene rings is 14. The standard InChI is InChI=1S/C72H41N3O/c1-3-17-46-38-57-48(36-44(46)15-1)21-13-24-51(57)59-40-60(54-35-33-43-20-11-25-52-53-34-32-41-14-5-6-22-50(41)66(53)68(54)65(43)52)69(71-55-23-7-10-29-63(55)76-75-71)70(72-73-61-27-8-9-28-62(61)74-72)67(59)56-26-12-19-42-30-31-49-37-45-16-2-4-18-47(45)39-58(49)64(42)56/h1-40H,(H,73,74). The molecule has 0 amide bonds. The summed E-state index contributed by atoms with van der Waals surface area (Å²) in [6, 6.07) is 89.1. The molecule has 0 spiro atoms. The Balaban J connectivity index is 1.13. The lowest BCUT2D eigenvalue weighted by molar-refractivity contribution is 0.459. The number of hydrogen-bond acceptors (Lipinski definition) is 3. The molecule has 14 aromatic carbocycles. The van der Waals surface area contributed by atoms with Crippen LogP contribution in [0.2, 0.25) is 0 Å². The zero-order chi connectivity index (χ0) is 49.6. The minimum Gasteiger partial charge on any atom is -0.356 e. The van der Waals surface area contributed by atoms with E-state index in [-0.39, 0.29) is 0 Å². The van der Waals surface area contributed by atoms with Crippen LogP contribution in [-0.2, 0) is 0 Å². The van der Waals surface area contributed by atoms with Gasteiger partial charge < -0.3 is 9.51 Å². The van der Waals surface area contributed by atoms with Crippen molar-refractivity contribution in [3.8, 4) is 78.3 Å². The van der Waals surface area contributed by atoms with Crippen LogP contribution in [0, 0.1) is 0 Å². The quantitative estimate of drug-likeness (QED) is 0.138. The van der Waals surface area contributed by atoms with Gasteiger partial charge in [0.25, 0.3) is 0 Å². The molecule has 1 N–H and O–H groups in total. The van der Waals surface area contributed by atoms with Gasteiger partial charge in [-0.05, 0) is 180 Å². The maximum atomic E-state index is 6.44. The number of aromatic amines is 1. The summed E-state index contributed by atoms with van der Waals surface area (Å²) in [4.78, 5) is 9.58. The Hall–Kier alpha value is -10.2. The number of fused-ring (bicyclic) bond motifs is 13. The number of nitrogens with one attached hydrogen (secondary N) is 1. The van der Waals surface area contributed by atoms with Crippen molar-refractivity contribution < 1.29 is 4.52 Å². The van der Waals surface area contributed by atoms with Gasteiger partial charge in [0, 0.05) is 22.1 Å². The van der Waals surface area contributed by atoms with Crippen LogP contribution >= 0.6 is 0 Å². The number of rotatable bonds is 5. The third kappa shape index (κ3) is 5.89. The highest BCUT2D eigenvalue weighted by molar-refractivity contribution is 6.27. The van der Waals surface area contributed by atoms with Crippen molar-refractivity contribution in [3.63, 3.8) is 0 Å². The molecule has 0 saturated carbocycles. The second-order valence-electron chi connectivity index (χ2n) is 20.4. The summed E-state index contributed by atoms with van der Waals surface area (Å²) < 4.78 is 6.44. The van der Waals surface area contributed by atoms with Crippen molar-refractivity contribution in [2.45, 2.75) is 0 Å². The van der Waals surface area contributed by atoms with Crippen molar-refractivity contribution in [3.05, 3.63) is 243 Å². The molecule has 0 aliphatic heterocycles. The van der Waals surface area contributed by atoms with Gasteiger partial charge in [-0.2, -0.15) is 0 Å². The van der Waals surface area contributed by atoms with Gasteiger partial charge in [-0.15, -0.1) is 0 Å². The van der Waals surface area contributed by atoms with E-state index in [1.54, 1.807) is 0 Å². The summed E-state index contributed by atoms with van der Waals surface area (Å²) in [7, 11) is 0. The van der Waals surface area contributed by atoms with E-state index in [1.807, 2.05) is 12.1 Å². The summed E-state index contributed by atoms with van der Waals surface area (Å²) in [5.74, 6) is 0.749. The van der Waals surface area contributed by atoms with Gasteiger partial charge >= 0.3 is 0 Å². The number of para-hydroxylation sites is 3. The number of H-pyrrole nitrogens is 1. The summed E-state index contributed by atoms with van der Waals surface area (Å²) in [5.41, 5.74) is 16.7. The third-order valence-corrected chi connectivity index (χ3v) is 16.4.